The largest absolute Gasteiger partial charge is 0.468 e. The second kappa shape index (κ2) is 9.89. The first kappa shape index (κ1) is 20.6. The summed E-state index contributed by atoms with van der Waals surface area (Å²) in [4.78, 5) is 12.9. The predicted molar refractivity (Wildman–Crippen MR) is 117 cm³/mol. The Hall–Kier alpha value is -3.11. The molecule has 0 saturated carbocycles. The van der Waals surface area contributed by atoms with Gasteiger partial charge in [-0.3, -0.25) is 0 Å². The highest BCUT2D eigenvalue weighted by Crippen LogP contribution is 2.32. The number of fused-ring (bicyclic) bond motifs is 1. The van der Waals surface area contributed by atoms with Gasteiger partial charge in [0.15, 0.2) is 6.79 Å². The van der Waals surface area contributed by atoms with Crippen LogP contribution in [0.2, 0.25) is 0 Å². The van der Waals surface area contributed by atoms with Gasteiger partial charge in [0, 0.05) is 7.11 Å². The van der Waals surface area contributed by atoms with Gasteiger partial charge in [0.05, 0.1) is 12.2 Å². The molecule has 0 amide bonds. The van der Waals surface area contributed by atoms with Crippen molar-refractivity contribution in [1.82, 2.24) is 0 Å². The first-order chi connectivity index (χ1) is 14.2. The molecule has 3 rings (SSSR count). The molecule has 4 nitrogen and oxygen atoms in total. The Morgan fingerprint density at radius 1 is 0.862 bits per heavy atom. The van der Waals surface area contributed by atoms with Crippen molar-refractivity contribution in [2.45, 2.75) is 20.3 Å². The fourth-order valence-electron chi connectivity index (χ4n) is 3.37. The van der Waals surface area contributed by atoms with Crippen molar-refractivity contribution < 1.29 is 19.0 Å². The third kappa shape index (κ3) is 4.84. The van der Waals surface area contributed by atoms with Crippen LogP contribution in [-0.2, 0) is 14.3 Å². The normalized spacial score (nSPS) is 11.8. The number of hydrogen-bond acceptors (Lipinski definition) is 4. The van der Waals surface area contributed by atoms with Crippen LogP contribution >= 0.6 is 0 Å². The topological polar surface area (TPSA) is 44.8 Å². The van der Waals surface area contributed by atoms with E-state index in [9.17, 15) is 4.79 Å². The Bertz CT molecular complexity index is 1000. The van der Waals surface area contributed by atoms with E-state index in [-0.39, 0.29) is 12.8 Å². The molecule has 3 aromatic rings. The van der Waals surface area contributed by atoms with Crippen molar-refractivity contribution in [2.24, 2.45) is 0 Å². The van der Waals surface area contributed by atoms with Crippen LogP contribution in [0.3, 0.4) is 0 Å². The van der Waals surface area contributed by atoms with E-state index in [2.05, 4.69) is 37.3 Å². The Kier molecular flexibility index (Phi) is 7.04. The highest BCUT2D eigenvalue weighted by molar-refractivity contribution is 6.24. The molecule has 0 aliphatic heterocycles. The average Bonchev–Trinajstić information content (AvgIpc) is 2.76. The average molecular weight is 390 g/mol. The Balaban J connectivity index is 2.10. The highest BCUT2D eigenvalue weighted by atomic mass is 16.7. The van der Waals surface area contributed by atoms with Gasteiger partial charge < -0.3 is 14.2 Å². The summed E-state index contributed by atoms with van der Waals surface area (Å²) in [7, 11) is 1.58. The monoisotopic (exact) mass is 390 g/mol. The van der Waals surface area contributed by atoms with Gasteiger partial charge >= 0.3 is 5.97 Å². The van der Waals surface area contributed by atoms with Crippen molar-refractivity contribution in [3.63, 3.8) is 0 Å². The first-order valence-electron chi connectivity index (χ1n) is 9.79. The lowest BCUT2D eigenvalue weighted by molar-refractivity contribution is -0.136. The maximum Gasteiger partial charge on any atom is 0.339 e. The molecule has 0 atom stereocenters. The minimum atomic E-state index is -0.317. The number of esters is 1. The summed E-state index contributed by atoms with van der Waals surface area (Å²) in [6.07, 6.45) is 0.703. The zero-order valence-electron chi connectivity index (χ0n) is 17.1. The molecule has 0 heterocycles. The predicted octanol–water partition coefficient (Wildman–Crippen LogP) is 5.71. The summed E-state index contributed by atoms with van der Waals surface area (Å²) in [6.45, 7) is 4.38. The van der Waals surface area contributed by atoms with Gasteiger partial charge in [-0.25, -0.2) is 4.79 Å². The molecule has 29 heavy (non-hydrogen) atoms. The number of hydrogen-bond donors (Lipinski definition) is 0. The minimum Gasteiger partial charge on any atom is -0.468 e. The third-order valence-corrected chi connectivity index (χ3v) is 4.72. The van der Waals surface area contributed by atoms with Crippen molar-refractivity contribution in [1.29, 1.82) is 0 Å². The van der Waals surface area contributed by atoms with Gasteiger partial charge in [-0.1, -0.05) is 55.5 Å². The van der Waals surface area contributed by atoms with E-state index in [1.807, 2.05) is 43.3 Å². The first-order valence-corrected chi connectivity index (χ1v) is 9.79. The molecule has 0 saturated heterocycles. The molecule has 3 aromatic carbocycles. The summed E-state index contributed by atoms with van der Waals surface area (Å²) in [5, 5.41) is 2.31. The number of rotatable bonds is 8. The molecule has 0 aliphatic carbocycles. The molecule has 0 spiro atoms. The molecule has 150 valence electrons. The van der Waals surface area contributed by atoms with Crippen LogP contribution in [0.15, 0.2) is 66.7 Å². The van der Waals surface area contributed by atoms with E-state index >= 15 is 0 Å². The molecule has 0 fully saturated rings. The van der Waals surface area contributed by atoms with Crippen molar-refractivity contribution >= 4 is 27.9 Å². The van der Waals surface area contributed by atoms with Crippen molar-refractivity contribution in [3.05, 3.63) is 77.9 Å². The van der Waals surface area contributed by atoms with Gasteiger partial charge in [0.1, 0.15) is 5.75 Å². The number of allylic oxidation sites excluding steroid dienone is 1. The summed E-state index contributed by atoms with van der Waals surface area (Å²) >= 11 is 0. The fourth-order valence-corrected chi connectivity index (χ4v) is 3.37. The molecule has 0 N–H and O–H groups in total. The summed E-state index contributed by atoms with van der Waals surface area (Å²) in [5.41, 5.74) is 3.37. The third-order valence-electron chi connectivity index (χ3n) is 4.72. The van der Waals surface area contributed by atoms with Crippen LogP contribution in [0, 0.1) is 0 Å². The molecule has 0 unspecified atom stereocenters. The second-order valence-corrected chi connectivity index (χ2v) is 6.56. The van der Waals surface area contributed by atoms with Crippen molar-refractivity contribution in [3.8, 4) is 5.75 Å². The smallest absolute Gasteiger partial charge is 0.339 e. The van der Waals surface area contributed by atoms with Crippen LogP contribution < -0.4 is 4.74 Å². The number of carbonyl (C=O) groups excluding carboxylic acids is 1. The van der Waals surface area contributed by atoms with E-state index in [0.29, 0.717) is 24.4 Å². The summed E-state index contributed by atoms with van der Waals surface area (Å²) in [6, 6.07) is 21.9. The number of benzene rings is 3. The molecule has 0 bridgehead atoms. The Morgan fingerprint density at radius 3 is 2.21 bits per heavy atom. The zero-order valence-corrected chi connectivity index (χ0v) is 17.1. The molecule has 0 aromatic heterocycles. The van der Waals surface area contributed by atoms with Crippen molar-refractivity contribution in [2.75, 3.05) is 20.5 Å². The van der Waals surface area contributed by atoms with E-state index < -0.39 is 0 Å². The Labute approximate surface area is 171 Å². The van der Waals surface area contributed by atoms with E-state index in [0.717, 1.165) is 22.1 Å². The number of carbonyl (C=O) groups is 1. The lowest BCUT2D eigenvalue weighted by Crippen LogP contribution is -2.09. The lowest BCUT2D eigenvalue weighted by atomic mass is 9.91. The second-order valence-electron chi connectivity index (χ2n) is 6.56. The van der Waals surface area contributed by atoms with Gasteiger partial charge in [0.2, 0.25) is 0 Å². The SMILES string of the molecule is CCOC(=O)/C(=C(\CC)c1ccc2ccccc2c1)c1ccc(OCOC)cc1. The molecule has 4 heteroatoms. The summed E-state index contributed by atoms with van der Waals surface area (Å²) in [5.74, 6) is 0.366. The van der Waals surface area contributed by atoms with Crippen LogP contribution in [0.4, 0.5) is 0 Å². The van der Waals surface area contributed by atoms with Crippen LogP contribution in [0.1, 0.15) is 31.4 Å². The van der Waals surface area contributed by atoms with Crippen LogP contribution in [0.25, 0.3) is 21.9 Å². The maximum atomic E-state index is 12.9. The standard InChI is InChI=1S/C25H26O4/c1-4-23(21-11-10-18-8-6-7-9-20(18)16-21)24(25(26)28-5-2)19-12-14-22(15-13-19)29-17-27-3/h6-16H,4-5,17H2,1-3H3/b24-23+. The molecular weight excluding hydrogens is 364 g/mol. The maximum absolute atomic E-state index is 12.9. The van der Waals surface area contributed by atoms with Crippen LogP contribution in [0.5, 0.6) is 5.75 Å². The molecule has 0 radical (unpaired) electrons. The number of methoxy groups -OCH3 is 1. The van der Waals surface area contributed by atoms with E-state index in [1.165, 1.54) is 5.39 Å². The lowest BCUT2D eigenvalue weighted by Gasteiger charge is -2.15. The number of ether oxygens (including phenoxy) is 3. The van der Waals surface area contributed by atoms with Gasteiger partial charge in [-0.2, -0.15) is 0 Å². The highest BCUT2D eigenvalue weighted by Gasteiger charge is 2.19. The van der Waals surface area contributed by atoms with Crippen LogP contribution in [-0.4, -0.2) is 26.5 Å². The summed E-state index contributed by atoms with van der Waals surface area (Å²) < 4.78 is 15.8. The van der Waals surface area contributed by atoms with Gasteiger partial charge in [0.25, 0.3) is 0 Å². The van der Waals surface area contributed by atoms with Gasteiger partial charge in [-0.15, -0.1) is 0 Å². The Morgan fingerprint density at radius 2 is 1.55 bits per heavy atom. The fraction of sp³-hybridized carbons (Fsp3) is 0.240. The quantitative estimate of drug-likeness (QED) is 0.214. The van der Waals surface area contributed by atoms with E-state index in [4.69, 9.17) is 14.2 Å². The minimum absolute atomic E-state index is 0.178. The zero-order chi connectivity index (χ0) is 20.6. The molecule has 0 aliphatic rings. The molecular formula is C25H26O4. The van der Waals surface area contributed by atoms with Gasteiger partial charge in [-0.05, 0) is 59.0 Å². The van der Waals surface area contributed by atoms with E-state index in [1.54, 1.807) is 7.11 Å².